The van der Waals surface area contributed by atoms with Crippen LogP contribution in [0.15, 0.2) is 29.2 Å². The molecule has 0 unspecified atom stereocenters. The van der Waals surface area contributed by atoms with Crippen LogP contribution in [0.25, 0.3) is 0 Å². The van der Waals surface area contributed by atoms with Gasteiger partial charge in [0, 0.05) is 12.1 Å². The maximum atomic E-state index is 12.2. The molecule has 0 aromatic heterocycles. The Balaban J connectivity index is 2.25. The highest BCUT2D eigenvalue weighted by atomic mass is 32.2. The molecule has 4 nitrogen and oxygen atoms in total. The van der Waals surface area contributed by atoms with Crippen molar-refractivity contribution >= 4 is 15.7 Å². The molecular formula is C13H20N2O2S. The molecular weight excluding hydrogens is 248 g/mol. The minimum atomic E-state index is -3.43. The van der Waals surface area contributed by atoms with Crippen LogP contribution in [0.2, 0.25) is 0 Å². The van der Waals surface area contributed by atoms with Gasteiger partial charge < -0.3 is 5.32 Å². The topological polar surface area (TPSA) is 58.2 Å². The Morgan fingerprint density at radius 3 is 2.44 bits per heavy atom. The van der Waals surface area contributed by atoms with Crippen molar-refractivity contribution in [1.82, 2.24) is 4.72 Å². The molecule has 0 heterocycles. The van der Waals surface area contributed by atoms with Gasteiger partial charge in [0.25, 0.3) is 0 Å². The van der Waals surface area contributed by atoms with Gasteiger partial charge in [0.1, 0.15) is 4.90 Å². The lowest BCUT2D eigenvalue weighted by Gasteiger charge is -2.28. The van der Waals surface area contributed by atoms with Gasteiger partial charge >= 0.3 is 0 Å². The SMILES string of the molecule is CC(C)NS(=O)(=O)c1ccccc1NC1CCC1. The largest absolute Gasteiger partial charge is 0.381 e. The van der Waals surface area contributed by atoms with E-state index in [1.807, 2.05) is 26.0 Å². The number of hydrogen-bond acceptors (Lipinski definition) is 3. The standard InChI is InChI=1S/C13H20N2O2S/c1-10(2)15-18(16,17)13-9-4-3-8-12(13)14-11-6-5-7-11/h3-4,8-11,14-15H,5-7H2,1-2H3. The third-order valence-corrected chi connectivity index (χ3v) is 4.75. The lowest BCUT2D eigenvalue weighted by Crippen LogP contribution is -2.32. The molecule has 1 aromatic carbocycles. The number of hydrogen-bond donors (Lipinski definition) is 2. The van der Waals surface area contributed by atoms with Crippen molar-refractivity contribution in [3.8, 4) is 0 Å². The van der Waals surface area contributed by atoms with Gasteiger partial charge in [-0.05, 0) is 45.2 Å². The first-order chi connectivity index (χ1) is 8.49. The highest BCUT2D eigenvalue weighted by molar-refractivity contribution is 7.89. The van der Waals surface area contributed by atoms with E-state index in [4.69, 9.17) is 0 Å². The fourth-order valence-electron chi connectivity index (χ4n) is 1.97. The van der Waals surface area contributed by atoms with Crippen LogP contribution in [-0.4, -0.2) is 20.5 Å². The Morgan fingerprint density at radius 1 is 1.22 bits per heavy atom. The van der Waals surface area contributed by atoms with E-state index in [0.717, 1.165) is 12.8 Å². The predicted molar refractivity (Wildman–Crippen MR) is 73.2 cm³/mol. The summed E-state index contributed by atoms with van der Waals surface area (Å²) < 4.78 is 27.0. The van der Waals surface area contributed by atoms with Crippen molar-refractivity contribution in [2.45, 2.75) is 50.1 Å². The lowest BCUT2D eigenvalue weighted by molar-refractivity contribution is 0.444. The summed E-state index contributed by atoms with van der Waals surface area (Å²) in [5, 5.41) is 3.31. The first kappa shape index (κ1) is 13.4. The van der Waals surface area contributed by atoms with Gasteiger partial charge in [0.05, 0.1) is 5.69 Å². The molecule has 0 amide bonds. The summed E-state index contributed by atoms with van der Waals surface area (Å²) in [5.41, 5.74) is 0.704. The minimum Gasteiger partial charge on any atom is -0.381 e. The maximum Gasteiger partial charge on any atom is 0.242 e. The number of rotatable bonds is 5. The van der Waals surface area contributed by atoms with E-state index in [-0.39, 0.29) is 6.04 Å². The number of para-hydroxylation sites is 1. The smallest absolute Gasteiger partial charge is 0.242 e. The van der Waals surface area contributed by atoms with E-state index >= 15 is 0 Å². The first-order valence-corrected chi connectivity index (χ1v) is 7.85. The second-order valence-corrected chi connectivity index (χ2v) is 6.73. The fourth-order valence-corrected chi connectivity index (χ4v) is 3.39. The molecule has 5 heteroatoms. The summed E-state index contributed by atoms with van der Waals surface area (Å²) in [4.78, 5) is 0.339. The summed E-state index contributed by atoms with van der Waals surface area (Å²) in [5.74, 6) is 0. The molecule has 2 N–H and O–H groups in total. The van der Waals surface area contributed by atoms with Crippen molar-refractivity contribution in [3.63, 3.8) is 0 Å². The van der Waals surface area contributed by atoms with Gasteiger partial charge in [-0.3, -0.25) is 0 Å². The molecule has 0 saturated heterocycles. The van der Waals surface area contributed by atoms with Gasteiger partial charge in [-0.25, -0.2) is 13.1 Å². The van der Waals surface area contributed by atoms with Crippen LogP contribution >= 0.6 is 0 Å². The Kier molecular flexibility index (Phi) is 3.92. The second kappa shape index (κ2) is 5.28. The molecule has 1 aromatic rings. The zero-order chi connectivity index (χ0) is 13.2. The number of sulfonamides is 1. The Labute approximate surface area is 109 Å². The zero-order valence-electron chi connectivity index (χ0n) is 10.8. The van der Waals surface area contributed by atoms with Crippen LogP contribution in [0.1, 0.15) is 33.1 Å². The number of nitrogens with one attached hydrogen (secondary N) is 2. The van der Waals surface area contributed by atoms with Gasteiger partial charge in [0.15, 0.2) is 0 Å². The van der Waals surface area contributed by atoms with Crippen molar-refractivity contribution in [1.29, 1.82) is 0 Å². The van der Waals surface area contributed by atoms with Crippen LogP contribution in [0, 0.1) is 0 Å². The maximum absolute atomic E-state index is 12.2. The molecule has 1 fully saturated rings. The van der Waals surface area contributed by atoms with Crippen molar-refractivity contribution in [2.75, 3.05) is 5.32 Å². The van der Waals surface area contributed by atoms with E-state index in [9.17, 15) is 8.42 Å². The molecule has 18 heavy (non-hydrogen) atoms. The highest BCUT2D eigenvalue weighted by Gasteiger charge is 2.23. The molecule has 1 saturated carbocycles. The third-order valence-electron chi connectivity index (χ3n) is 3.03. The van der Waals surface area contributed by atoms with Gasteiger partial charge in [-0.2, -0.15) is 0 Å². The van der Waals surface area contributed by atoms with Gasteiger partial charge in [-0.15, -0.1) is 0 Å². The van der Waals surface area contributed by atoms with Crippen molar-refractivity contribution < 1.29 is 8.42 Å². The quantitative estimate of drug-likeness (QED) is 0.861. The number of anilines is 1. The summed E-state index contributed by atoms with van der Waals surface area (Å²) in [6, 6.07) is 7.39. The Bertz CT molecular complexity index is 507. The monoisotopic (exact) mass is 268 g/mol. The van der Waals surface area contributed by atoms with Crippen LogP contribution < -0.4 is 10.0 Å². The predicted octanol–water partition coefficient (Wildman–Crippen LogP) is 2.34. The van der Waals surface area contributed by atoms with E-state index in [1.165, 1.54) is 6.42 Å². The molecule has 0 atom stereocenters. The minimum absolute atomic E-state index is 0.105. The summed E-state index contributed by atoms with van der Waals surface area (Å²) >= 11 is 0. The van der Waals surface area contributed by atoms with E-state index in [0.29, 0.717) is 16.6 Å². The second-order valence-electron chi connectivity index (χ2n) is 5.04. The molecule has 1 aliphatic carbocycles. The fraction of sp³-hybridized carbons (Fsp3) is 0.538. The van der Waals surface area contributed by atoms with Crippen LogP contribution in [0.3, 0.4) is 0 Å². The summed E-state index contributed by atoms with van der Waals surface area (Å²) in [6.45, 7) is 3.64. The zero-order valence-corrected chi connectivity index (χ0v) is 11.6. The summed E-state index contributed by atoms with van der Waals surface area (Å²) in [7, 11) is -3.43. The molecule has 0 aliphatic heterocycles. The van der Waals surface area contributed by atoms with Gasteiger partial charge in [-0.1, -0.05) is 12.1 Å². The molecule has 0 bridgehead atoms. The lowest BCUT2D eigenvalue weighted by atomic mass is 9.93. The average Bonchev–Trinajstić information content (AvgIpc) is 2.22. The van der Waals surface area contributed by atoms with E-state index in [2.05, 4.69) is 10.0 Å². The van der Waals surface area contributed by atoms with Crippen LogP contribution in [-0.2, 0) is 10.0 Å². The Hall–Kier alpha value is -1.07. The van der Waals surface area contributed by atoms with E-state index in [1.54, 1.807) is 12.1 Å². The van der Waals surface area contributed by atoms with E-state index < -0.39 is 10.0 Å². The van der Waals surface area contributed by atoms with Crippen molar-refractivity contribution in [2.24, 2.45) is 0 Å². The van der Waals surface area contributed by atoms with Crippen LogP contribution in [0.5, 0.6) is 0 Å². The highest BCUT2D eigenvalue weighted by Crippen LogP contribution is 2.27. The third kappa shape index (κ3) is 3.03. The van der Waals surface area contributed by atoms with Gasteiger partial charge in [0.2, 0.25) is 10.0 Å². The molecule has 100 valence electrons. The van der Waals surface area contributed by atoms with Crippen molar-refractivity contribution in [3.05, 3.63) is 24.3 Å². The molecule has 0 spiro atoms. The summed E-state index contributed by atoms with van der Waals surface area (Å²) in [6.07, 6.45) is 3.45. The Morgan fingerprint density at radius 2 is 1.89 bits per heavy atom. The van der Waals surface area contributed by atoms with Crippen LogP contribution in [0.4, 0.5) is 5.69 Å². The molecule has 2 rings (SSSR count). The first-order valence-electron chi connectivity index (χ1n) is 6.37. The number of benzene rings is 1. The normalized spacial score (nSPS) is 16.6. The molecule has 0 radical (unpaired) electrons. The molecule has 1 aliphatic rings. The average molecular weight is 268 g/mol.